The van der Waals surface area contributed by atoms with Crippen LogP contribution in [0.1, 0.15) is 0 Å². The predicted octanol–water partition coefficient (Wildman–Crippen LogP) is -9.61. The van der Waals surface area contributed by atoms with Gasteiger partial charge in [-0.1, -0.05) is 0 Å². The van der Waals surface area contributed by atoms with Crippen molar-refractivity contribution in [3.05, 3.63) is 29.1 Å². The van der Waals surface area contributed by atoms with E-state index in [4.69, 9.17) is 15.4 Å². The quantitative estimate of drug-likeness (QED) is 0.139. The summed E-state index contributed by atoms with van der Waals surface area (Å²) in [6.45, 7) is -0.916. The Kier molecular flexibility index (Phi) is 12.7. The number of aromatic amines is 2. The van der Waals surface area contributed by atoms with Gasteiger partial charge in [0.05, 0.1) is 19.6 Å². The Morgan fingerprint density at radius 2 is 1.97 bits per heavy atom. The fourth-order valence-corrected chi connectivity index (χ4v) is 4.77. The first-order chi connectivity index (χ1) is 15.8. The first kappa shape index (κ1) is 33.7. The third-order valence-corrected chi connectivity index (χ3v) is 6.65. The molecule has 4 rings (SSSR count). The standard InChI is InChI=1S/C11H19N5O11P2.C3H4N2.2Na/c1-15-3-16(8-5(15)9(19)14-11(12)13-8)10-7(18)6(17)4(26-10)2-25-29(23,24)27-28(20,21)22;1-2-5-3-4-1;;/h4,6-7,10,17-18H,2-3H2,1H3,(H,23,24)(H2,20,21,22)(H3,12,13,14,19);1-3H,(H,4,5);;/q;;2*+1/p-2/t4-,6-,7-,10-;;;/m1.../s1. The number of hydrogen-bond acceptors (Lipinski definition) is 15. The zero-order valence-electron chi connectivity index (χ0n) is 19.3. The van der Waals surface area contributed by atoms with Crippen LogP contribution in [0.5, 0.6) is 0 Å². The van der Waals surface area contributed by atoms with Crippen molar-refractivity contribution in [2.24, 2.45) is 0 Å². The van der Waals surface area contributed by atoms with Crippen LogP contribution in [-0.4, -0.2) is 79.9 Å². The summed E-state index contributed by atoms with van der Waals surface area (Å²) in [5, 5.41) is 20.4. The summed E-state index contributed by atoms with van der Waals surface area (Å²) in [7, 11) is -9.55. The van der Waals surface area contributed by atoms with Crippen molar-refractivity contribution >= 4 is 33.1 Å². The average Bonchev–Trinajstić information content (AvgIpc) is 3.42. The largest absolute Gasteiger partial charge is 1.00 e. The van der Waals surface area contributed by atoms with Gasteiger partial charge in [-0.15, -0.1) is 0 Å². The molecule has 6 atom stereocenters. The zero-order valence-corrected chi connectivity index (χ0v) is 25.1. The third kappa shape index (κ3) is 8.57. The second kappa shape index (κ2) is 13.6. The second-order valence-corrected chi connectivity index (χ2v) is 9.78. The van der Waals surface area contributed by atoms with E-state index >= 15 is 0 Å². The maximum atomic E-state index is 12.1. The van der Waals surface area contributed by atoms with Gasteiger partial charge in [-0.05, 0) is 0 Å². The Morgan fingerprint density at radius 3 is 2.50 bits per heavy atom. The van der Waals surface area contributed by atoms with Gasteiger partial charge in [-0.25, -0.2) is 9.29 Å². The Labute approximate surface area is 247 Å². The number of phosphoric acid groups is 2. The minimum Gasteiger partial charge on any atom is -0.756 e. The van der Waals surface area contributed by atoms with E-state index in [-0.39, 0.29) is 83.2 Å². The molecule has 2 aliphatic heterocycles. The Balaban J connectivity index is 0.000000826. The number of fused-ring (bicyclic) bond motifs is 1. The van der Waals surface area contributed by atoms with Crippen LogP contribution in [0.25, 0.3) is 0 Å². The van der Waals surface area contributed by atoms with Crippen molar-refractivity contribution in [1.82, 2.24) is 19.9 Å². The van der Waals surface area contributed by atoms with Gasteiger partial charge in [-0.2, -0.15) is 4.98 Å². The number of aliphatic hydroxyl groups is 2. The van der Waals surface area contributed by atoms with Gasteiger partial charge in [0.25, 0.3) is 21.2 Å². The Morgan fingerprint density at radius 1 is 1.31 bits per heavy atom. The van der Waals surface area contributed by atoms with Gasteiger partial charge < -0.3 is 54.7 Å². The maximum absolute atomic E-state index is 12.1. The van der Waals surface area contributed by atoms with Crippen LogP contribution in [0.3, 0.4) is 0 Å². The SMILES string of the molecule is CN1CN([C@@H]2O[C@H](COP(=O)([O-])OP(=O)([O-])O)[C@@H](O)[C@H]2O)c2nc(N)[nH]c(=O)c21.[Na+].[Na+].c1c[nH]cn1. The number of nitrogens with one attached hydrogen (secondary N) is 2. The smallest absolute Gasteiger partial charge is 0.756 e. The Hall–Kier alpha value is -0.370. The van der Waals surface area contributed by atoms with E-state index in [0.717, 1.165) is 0 Å². The monoisotopic (exact) mass is 571 g/mol. The fraction of sp³-hybridized carbons (Fsp3) is 0.500. The topological polar surface area (TPSA) is 276 Å². The molecule has 0 spiro atoms. The number of phosphoric ester groups is 1. The molecule has 1 fully saturated rings. The van der Waals surface area contributed by atoms with E-state index < -0.39 is 52.4 Å². The van der Waals surface area contributed by atoms with Gasteiger partial charge in [0.2, 0.25) is 5.95 Å². The number of aliphatic hydroxyl groups excluding tert-OH is 2. The van der Waals surface area contributed by atoms with Gasteiger partial charge in [0, 0.05) is 19.4 Å². The van der Waals surface area contributed by atoms with Crippen LogP contribution >= 0.6 is 15.6 Å². The molecule has 0 aromatic carbocycles. The van der Waals surface area contributed by atoms with Crippen LogP contribution in [0, 0.1) is 0 Å². The molecule has 0 aliphatic carbocycles. The van der Waals surface area contributed by atoms with Crippen LogP contribution in [0.15, 0.2) is 23.5 Å². The zero-order chi connectivity index (χ0) is 25.3. The van der Waals surface area contributed by atoms with E-state index in [1.807, 2.05) is 0 Å². The van der Waals surface area contributed by atoms with Gasteiger partial charge >= 0.3 is 59.1 Å². The van der Waals surface area contributed by atoms with Gasteiger partial charge in [0.1, 0.15) is 24.0 Å². The summed E-state index contributed by atoms with van der Waals surface area (Å²) >= 11 is 0. The van der Waals surface area contributed by atoms with Gasteiger partial charge in [-0.3, -0.25) is 18.9 Å². The second-order valence-electron chi connectivity index (χ2n) is 7.03. The van der Waals surface area contributed by atoms with Crippen LogP contribution in [0.2, 0.25) is 0 Å². The van der Waals surface area contributed by atoms with E-state index in [1.54, 1.807) is 25.8 Å². The first-order valence-corrected chi connectivity index (χ1v) is 12.3. The van der Waals surface area contributed by atoms with E-state index in [1.165, 1.54) is 9.80 Å². The molecular weight excluding hydrogens is 550 g/mol. The van der Waals surface area contributed by atoms with Crippen molar-refractivity contribution in [3.8, 4) is 0 Å². The van der Waals surface area contributed by atoms with Crippen LogP contribution < -0.4 is 90.0 Å². The van der Waals surface area contributed by atoms with Crippen molar-refractivity contribution in [2.75, 3.05) is 35.9 Å². The molecule has 7 N–H and O–H groups in total. The number of imidazole rings is 1. The van der Waals surface area contributed by atoms with Crippen LogP contribution in [-0.2, 0) is 22.7 Å². The molecule has 2 aromatic heterocycles. The van der Waals surface area contributed by atoms with Crippen LogP contribution in [0.4, 0.5) is 17.5 Å². The maximum Gasteiger partial charge on any atom is 1.00 e. The van der Waals surface area contributed by atoms with Crippen molar-refractivity contribution in [2.45, 2.75) is 24.5 Å². The normalized spacial score (nSPS) is 25.9. The van der Waals surface area contributed by atoms with E-state index in [0.29, 0.717) is 0 Å². The minimum absolute atomic E-state index is 0. The summed E-state index contributed by atoms with van der Waals surface area (Å²) in [6.07, 6.45) is -0.853. The fourth-order valence-electron chi connectivity index (χ4n) is 3.24. The van der Waals surface area contributed by atoms with E-state index in [2.05, 4.69) is 28.8 Å². The predicted molar refractivity (Wildman–Crippen MR) is 109 cm³/mol. The molecule has 1 saturated heterocycles. The summed E-state index contributed by atoms with van der Waals surface area (Å²) in [5.74, 6) is -0.130. The molecule has 18 nitrogen and oxygen atoms in total. The molecule has 0 saturated carbocycles. The average molecular weight is 571 g/mol. The molecule has 2 unspecified atom stereocenters. The molecule has 0 radical (unpaired) electrons. The number of ether oxygens (including phenoxy) is 1. The minimum atomic E-state index is -5.63. The molecule has 0 amide bonds. The number of nitrogens with zero attached hydrogens (tertiary/aromatic N) is 4. The molecule has 2 aromatic rings. The summed E-state index contributed by atoms with van der Waals surface area (Å²) in [5.41, 5.74) is 5.13. The number of anilines is 3. The number of hydrogen-bond donors (Lipinski definition) is 6. The number of H-pyrrole nitrogens is 2. The summed E-state index contributed by atoms with van der Waals surface area (Å²) < 4.78 is 35.0. The molecule has 36 heavy (non-hydrogen) atoms. The molecule has 4 heterocycles. The van der Waals surface area contributed by atoms with Crippen molar-refractivity contribution in [3.63, 3.8) is 0 Å². The molecular formula is C14H21N7Na2O11P2. The number of rotatable bonds is 6. The molecule has 190 valence electrons. The summed E-state index contributed by atoms with van der Waals surface area (Å²) in [4.78, 5) is 57.9. The first-order valence-electron chi connectivity index (χ1n) is 9.31. The number of nitrogens with two attached hydrogens (primary N) is 1. The number of nitrogen functional groups attached to an aromatic ring is 1. The van der Waals surface area contributed by atoms with Crippen molar-refractivity contribution in [1.29, 1.82) is 0 Å². The molecule has 0 bridgehead atoms. The van der Waals surface area contributed by atoms with Gasteiger partial charge in [0.15, 0.2) is 12.0 Å². The van der Waals surface area contributed by atoms with Crippen molar-refractivity contribution < 1.29 is 107 Å². The number of aromatic nitrogens is 4. The van der Waals surface area contributed by atoms with E-state index in [9.17, 15) is 33.9 Å². The summed E-state index contributed by atoms with van der Waals surface area (Å²) in [6, 6.07) is 0. The third-order valence-electron chi connectivity index (χ3n) is 4.56. The molecule has 22 heteroatoms. The molecule has 2 aliphatic rings. The Bertz CT molecular complexity index is 1120.